The molecule has 0 unspecified atom stereocenters. The first kappa shape index (κ1) is 18.5. The first-order valence-corrected chi connectivity index (χ1v) is 11.1. The van der Waals surface area contributed by atoms with Crippen LogP contribution in [-0.4, -0.2) is 21.5 Å². The number of unbranched alkanes of at least 4 members (excludes halogenated alkanes) is 2. The topological polar surface area (TPSA) is 55.9 Å². The van der Waals surface area contributed by atoms with Crippen LogP contribution in [0.15, 0.2) is 40.9 Å². The number of aryl methyl sites for hydroxylation is 2. The monoisotopic (exact) mass is 390 g/mol. The highest BCUT2D eigenvalue weighted by Crippen LogP contribution is 2.41. The Hall–Kier alpha value is -2.56. The van der Waals surface area contributed by atoms with Gasteiger partial charge in [0, 0.05) is 48.4 Å². The molecule has 2 heterocycles. The summed E-state index contributed by atoms with van der Waals surface area (Å²) in [7, 11) is 2.08. The number of nitrogens with zero attached hydrogens (tertiary/aromatic N) is 3. The smallest absolute Gasteiger partial charge is 0.167 e. The molecule has 1 N–H and O–H groups in total. The Balaban J connectivity index is 1.06. The summed E-state index contributed by atoms with van der Waals surface area (Å²) in [5.41, 5.74) is 6.03. The lowest BCUT2D eigenvalue weighted by Gasteiger charge is -2.07. The summed E-state index contributed by atoms with van der Waals surface area (Å²) in [5.74, 6) is 2.24. The number of hydrogen-bond donors (Lipinski definition) is 1. The Morgan fingerprint density at radius 2 is 1.83 bits per heavy atom. The summed E-state index contributed by atoms with van der Waals surface area (Å²) < 4.78 is 7.63. The summed E-state index contributed by atoms with van der Waals surface area (Å²) in [5, 5.41) is 12.4. The average molecular weight is 391 g/mol. The zero-order valence-corrected chi connectivity index (χ0v) is 17.2. The summed E-state index contributed by atoms with van der Waals surface area (Å²) in [4.78, 5) is 0. The molecule has 3 aromatic rings. The standard InChI is InChI=1S/C24H30N4O/c1-28-21(15-22(26-28)17-9-10-17)8-3-2-4-13-25-20-7-5-6-19(14-20)24-16-23(27-29-24)18-11-12-18/h5-7,14-18,25H,2-4,8-13H2,1H3. The second kappa shape index (κ2) is 8.05. The molecular formula is C24H30N4O. The normalized spacial score (nSPS) is 16.3. The maximum absolute atomic E-state index is 5.55. The molecule has 2 aliphatic carbocycles. The minimum atomic E-state index is 0.625. The Morgan fingerprint density at radius 3 is 2.66 bits per heavy atom. The number of aromatic nitrogens is 3. The number of nitrogens with one attached hydrogen (secondary N) is 1. The van der Waals surface area contributed by atoms with E-state index in [1.54, 1.807) is 0 Å². The van der Waals surface area contributed by atoms with Crippen LogP contribution in [-0.2, 0) is 13.5 Å². The van der Waals surface area contributed by atoms with Crippen LogP contribution in [0.2, 0.25) is 0 Å². The molecule has 2 aliphatic rings. The lowest BCUT2D eigenvalue weighted by Crippen LogP contribution is -2.02. The summed E-state index contributed by atoms with van der Waals surface area (Å²) in [6.07, 6.45) is 9.87. The van der Waals surface area contributed by atoms with Crippen molar-refractivity contribution < 1.29 is 4.52 Å². The van der Waals surface area contributed by atoms with Crippen LogP contribution in [0.4, 0.5) is 5.69 Å². The Labute approximate surface area is 172 Å². The van der Waals surface area contributed by atoms with Crippen LogP contribution in [0.3, 0.4) is 0 Å². The zero-order chi connectivity index (χ0) is 19.6. The van der Waals surface area contributed by atoms with Crippen molar-refractivity contribution in [3.05, 3.63) is 53.5 Å². The predicted octanol–water partition coefficient (Wildman–Crippen LogP) is 5.65. The lowest BCUT2D eigenvalue weighted by molar-refractivity contribution is 0.424. The molecule has 0 spiro atoms. The van der Waals surface area contributed by atoms with Crippen molar-refractivity contribution in [3.63, 3.8) is 0 Å². The number of rotatable bonds is 10. The van der Waals surface area contributed by atoms with Gasteiger partial charge in [0.25, 0.3) is 0 Å². The molecule has 29 heavy (non-hydrogen) atoms. The molecule has 0 saturated heterocycles. The maximum Gasteiger partial charge on any atom is 0.167 e. The first-order valence-electron chi connectivity index (χ1n) is 11.1. The van der Waals surface area contributed by atoms with E-state index in [-0.39, 0.29) is 0 Å². The molecule has 152 valence electrons. The minimum Gasteiger partial charge on any atom is -0.385 e. The molecular weight excluding hydrogens is 360 g/mol. The van der Waals surface area contributed by atoms with Gasteiger partial charge in [0.1, 0.15) is 0 Å². The highest BCUT2D eigenvalue weighted by Gasteiger charge is 2.27. The highest BCUT2D eigenvalue weighted by atomic mass is 16.5. The molecule has 0 amide bonds. The third kappa shape index (κ3) is 4.55. The van der Waals surface area contributed by atoms with Crippen molar-refractivity contribution in [2.75, 3.05) is 11.9 Å². The second-order valence-corrected chi connectivity index (χ2v) is 8.67. The molecule has 2 saturated carbocycles. The highest BCUT2D eigenvalue weighted by molar-refractivity contribution is 5.64. The van der Waals surface area contributed by atoms with Gasteiger partial charge < -0.3 is 9.84 Å². The van der Waals surface area contributed by atoms with Gasteiger partial charge in [0.15, 0.2) is 5.76 Å². The Kier molecular flexibility index (Phi) is 5.13. The van der Waals surface area contributed by atoms with Gasteiger partial charge in [-0.3, -0.25) is 4.68 Å². The number of anilines is 1. The van der Waals surface area contributed by atoms with Crippen LogP contribution in [0.25, 0.3) is 11.3 Å². The average Bonchev–Trinajstić information content (AvgIpc) is 3.67. The molecule has 5 nitrogen and oxygen atoms in total. The molecule has 0 atom stereocenters. The van der Waals surface area contributed by atoms with E-state index in [2.05, 4.69) is 63.7 Å². The third-order valence-corrected chi connectivity index (χ3v) is 6.10. The third-order valence-electron chi connectivity index (χ3n) is 6.10. The van der Waals surface area contributed by atoms with Gasteiger partial charge in [0.2, 0.25) is 0 Å². The van der Waals surface area contributed by atoms with Gasteiger partial charge in [-0.2, -0.15) is 5.10 Å². The van der Waals surface area contributed by atoms with Crippen LogP contribution in [0.5, 0.6) is 0 Å². The van der Waals surface area contributed by atoms with E-state index in [0.29, 0.717) is 5.92 Å². The van der Waals surface area contributed by atoms with E-state index in [1.807, 2.05) is 0 Å². The van der Waals surface area contributed by atoms with Crippen LogP contribution in [0.1, 0.15) is 73.9 Å². The van der Waals surface area contributed by atoms with Crippen LogP contribution in [0, 0.1) is 0 Å². The van der Waals surface area contributed by atoms with Crippen LogP contribution >= 0.6 is 0 Å². The van der Waals surface area contributed by atoms with Crippen molar-refractivity contribution in [2.24, 2.45) is 7.05 Å². The van der Waals surface area contributed by atoms with Gasteiger partial charge in [-0.1, -0.05) is 23.7 Å². The maximum atomic E-state index is 5.55. The largest absolute Gasteiger partial charge is 0.385 e. The molecule has 5 heteroatoms. The van der Waals surface area contributed by atoms with Crippen molar-refractivity contribution in [1.82, 2.24) is 14.9 Å². The molecule has 0 bridgehead atoms. The quantitative estimate of drug-likeness (QED) is 0.454. The molecule has 2 fully saturated rings. The Morgan fingerprint density at radius 1 is 1.00 bits per heavy atom. The van der Waals surface area contributed by atoms with Crippen molar-refractivity contribution in [2.45, 2.75) is 63.2 Å². The van der Waals surface area contributed by atoms with Gasteiger partial charge in [-0.25, -0.2) is 0 Å². The first-order chi connectivity index (χ1) is 14.3. The van der Waals surface area contributed by atoms with Gasteiger partial charge in [-0.05, 0) is 63.1 Å². The van der Waals surface area contributed by atoms with E-state index in [0.717, 1.165) is 41.6 Å². The molecule has 0 aliphatic heterocycles. The van der Waals surface area contributed by atoms with E-state index in [1.165, 1.54) is 56.3 Å². The van der Waals surface area contributed by atoms with E-state index in [4.69, 9.17) is 4.52 Å². The fraction of sp³-hybridized carbons (Fsp3) is 0.500. The Bertz CT molecular complexity index is 965. The molecule has 1 aromatic carbocycles. The number of hydrogen-bond acceptors (Lipinski definition) is 4. The van der Waals surface area contributed by atoms with E-state index >= 15 is 0 Å². The minimum absolute atomic E-state index is 0.625. The van der Waals surface area contributed by atoms with Gasteiger partial charge in [-0.15, -0.1) is 0 Å². The number of benzene rings is 1. The van der Waals surface area contributed by atoms with E-state index in [9.17, 15) is 0 Å². The lowest BCUT2D eigenvalue weighted by atomic mass is 10.1. The van der Waals surface area contributed by atoms with Crippen molar-refractivity contribution in [3.8, 4) is 11.3 Å². The van der Waals surface area contributed by atoms with E-state index < -0.39 is 0 Å². The predicted molar refractivity (Wildman–Crippen MR) is 115 cm³/mol. The molecule has 2 aromatic heterocycles. The van der Waals surface area contributed by atoms with Crippen LogP contribution < -0.4 is 5.32 Å². The molecule has 5 rings (SSSR count). The van der Waals surface area contributed by atoms with Crippen molar-refractivity contribution in [1.29, 1.82) is 0 Å². The fourth-order valence-corrected chi connectivity index (χ4v) is 3.96. The zero-order valence-electron chi connectivity index (χ0n) is 17.2. The fourth-order valence-electron chi connectivity index (χ4n) is 3.96. The summed E-state index contributed by atoms with van der Waals surface area (Å²) in [6.45, 7) is 0.992. The van der Waals surface area contributed by atoms with Gasteiger partial charge >= 0.3 is 0 Å². The van der Waals surface area contributed by atoms with Gasteiger partial charge in [0.05, 0.1) is 11.4 Å². The summed E-state index contributed by atoms with van der Waals surface area (Å²) in [6, 6.07) is 12.9. The second-order valence-electron chi connectivity index (χ2n) is 8.67. The summed E-state index contributed by atoms with van der Waals surface area (Å²) >= 11 is 0. The molecule has 0 radical (unpaired) electrons. The SMILES string of the molecule is Cn1nc(C2CC2)cc1CCCCCNc1cccc(-c2cc(C3CC3)no2)c1. The van der Waals surface area contributed by atoms with Crippen molar-refractivity contribution >= 4 is 5.69 Å².